The van der Waals surface area contributed by atoms with Crippen molar-refractivity contribution >= 4 is 6.29 Å². The minimum absolute atomic E-state index is 0.141. The van der Waals surface area contributed by atoms with Crippen LogP contribution in [0.25, 0.3) is 0 Å². The van der Waals surface area contributed by atoms with Crippen molar-refractivity contribution in [3.63, 3.8) is 0 Å². The minimum Gasteiger partial charge on any atom is -0.321 e. The number of benzene rings is 2. The Labute approximate surface area is 114 Å². The highest BCUT2D eigenvalue weighted by atomic mass is 16.1. The monoisotopic (exact) mass is 253 g/mol. The van der Waals surface area contributed by atoms with E-state index in [1.165, 1.54) is 11.1 Å². The molecule has 2 nitrogen and oxygen atoms in total. The van der Waals surface area contributed by atoms with Crippen LogP contribution in [0.4, 0.5) is 0 Å². The zero-order valence-electron chi connectivity index (χ0n) is 10.9. The maximum Gasteiger partial charge on any atom is 0.136 e. The van der Waals surface area contributed by atoms with Crippen LogP contribution in [0, 0.1) is 5.92 Å². The summed E-state index contributed by atoms with van der Waals surface area (Å²) in [5, 5.41) is 0. The Hall–Kier alpha value is -1.93. The van der Waals surface area contributed by atoms with Gasteiger partial charge in [-0.05, 0) is 29.9 Å². The number of carbonyl (C=O) groups excluding carboxylic acids is 1. The molecular formula is C17H19NO. The molecule has 2 N–H and O–H groups in total. The highest BCUT2D eigenvalue weighted by Gasteiger charge is 2.18. The Morgan fingerprint density at radius 3 is 1.63 bits per heavy atom. The molecule has 0 saturated heterocycles. The summed E-state index contributed by atoms with van der Waals surface area (Å²) >= 11 is 0. The molecule has 2 aromatic rings. The predicted molar refractivity (Wildman–Crippen MR) is 77.8 cm³/mol. The summed E-state index contributed by atoms with van der Waals surface area (Å²) in [6.07, 6.45) is 2.52. The van der Waals surface area contributed by atoms with Gasteiger partial charge < -0.3 is 10.5 Å². The third kappa shape index (κ3) is 4.04. The smallest absolute Gasteiger partial charge is 0.136 e. The fourth-order valence-electron chi connectivity index (χ4n) is 2.29. The van der Waals surface area contributed by atoms with Gasteiger partial charge in [-0.1, -0.05) is 60.7 Å². The lowest BCUT2D eigenvalue weighted by molar-refractivity contribution is -0.109. The molecule has 0 aliphatic heterocycles. The first kappa shape index (κ1) is 13.5. The average molecular weight is 253 g/mol. The van der Waals surface area contributed by atoms with E-state index in [2.05, 4.69) is 24.3 Å². The number of aldehydes is 1. The SMILES string of the molecule is NC(C=O)C(Cc1ccccc1)Cc1ccccc1. The fraction of sp³-hybridized carbons (Fsp3) is 0.235. The third-order valence-corrected chi connectivity index (χ3v) is 3.38. The molecule has 98 valence electrons. The summed E-state index contributed by atoms with van der Waals surface area (Å²) in [5.74, 6) is 0.141. The Balaban J connectivity index is 2.10. The number of hydrogen-bond donors (Lipinski definition) is 1. The molecule has 0 fully saturated rings. The van der Waals surface area contributed by atoms with Crippen LogP contribution in [0.1, 0.15) is 11.1 Å². The van der Waals surface area contributed by atoms with E-state index in [1.54, 1.807) is 0 Å². The Morgan fingerprint density at radius 1 is 0.842 bits per heavy atom. The fourth-order valence-corrected chi connectivity index (χ4v) is 2.29. The quantitative estimate of drug-likeness (QED) is 0.804. The highest BCUT2D eigenvalue weighted by molar-refractivity contribution is 5.58. The Bertz CT molecular complexity index is 454. The predicted octanol–water partition coefficient (Wildman–Crippen LogP) is 2.61. The van der Waals surface area contributed by atoms with Gasteiger partial charge in [0.25, 0.3) is 0 Å². The van der Waals surface area contributed by atoms with Crippen molar-refractivity contribution in [1.29, 1.82) is 0 Å². The summed E-state index contributed by atoms with van der Waals surface area (Å²) in [6.45, 7) is 0. The molecule has 0 radical (unpaired) electrons. The van der Waals surface area contributed by atoms with E-state index in [1.807, 2.05) is 36.4 Å². The lowest BCUT2D eigenvalue weighted by Gasteiger charge is -2.20. The van der Waals surface area contributed by atoms with Crippen molar-refractivity contribution in [2.45, 2.75) is 18.9 Å². The van der Waals surface area contributed by atoms with Gasteiger partial charge in [0, 0.05) is 0 Å². The molecule has 2 aromatic carbocycles. The lowest BCUT2D eigenvalue weighted by atomic mass is 9.87. The topological polar surface area (TPSA) is 43.1 Å². The van der Waals surface area contributed by atoms with E-state index in [9.17, 15) is 4.79 Å². The molecule has 0 aliphatic carbocycles. The van der Waals surface area contributed by atoms with Crippen LogP contribution in [0.15, 0.2) is 60.7 Å². The van der Waals surface area contributed by atoms with Crippen molar-refractivity contribution in [2.24, 2.45) is 11.7 Å². The van der Waals surface area contributed by atoms with Crippen molar-refractivity contribution in [2.75, 3.05) is 0 Å². The first-order valence-electron chi connectivity index (χ1n) is 6.58. The summed E-state index contributed by atoms with van der Waals surface area (Å²) in [6, 6.07) is 20.0. The second-order valence-corrected chi connectivity index (χ2v) is 4.85. The summed E-state index contributed by atoms with van der Waals surface area (Å²) in [7, 11) is 0. The van der Waals surface area contributed by atoms with Gasteiger partial charge in [0.2, 0.25) is 0 Å². The normalized spacial score (nSPS) is 12.3. The van der Waals surface area contributed by atoms with E-state index in [4.69, 9.17) is 5.73 Å². The van der Waals surface area contributed by atoms with Crippen molar-refractivity contribution in [1.82, 2.24) is 0 Å². The van der Waals surface area contributed by atoms with Gasteiger partial charge in [-0.15, -0.1) is 0 Å². The second-order valence-electron chi connectivity index (χ2n) is 4.85. The van der Waals surface area contributed by atoms with Gasteiger partial charge in [0.1, 0.15) is 6.29 Å². The van der Waals surface area contributed by atoms with Crippen LogP contribution in [0.2, 0.25) is 0 Å². The van der Waals surface area contributed by atoms with Gasteiger partial charge in [0.15, 0.2) is 0 Å². The van der Waals surface area contributed by atoms with Crippen LogP contribution in [0.5, 0.6) is 0 Å². The second kappa shape index (κ2) is 6.86. The summed E-state index contributed by atoms with van der Waals surface area (Å²) in [5.41, 5.74) is 8.39. The van der Waals surface area contributed by atoms with Gasteiger partial charge in [0.05, 0.1) is 6.04 Å². The lowest BCUT2D eigenvalue weighted by Crippen LogP contribution is -2.34. The van der Waals surface area contributed by atoms with E-state index >= 15 is 0 Å². The van der Waals surface area contributed by atoms with Crippen LogP contribution >= 0.6 is 0 Å². The van der Waals surface area contributed by atoms with Gasteiger partial charge in [-0.25, -0.2) is 0 Å². The minimum atomic E-state index is -0.416. The number of rotatable bonds is 6. The molecule has 0 amide bonds. The van der Waals surface area contributed by atoms with E-state index in [0.29, 0.717) is 0 Å². The molecule has 1 atom stereocenters. The molecule has 2 heteroatoms. The number of carbonyl (C=O) groups is 1. The maximum absolute atomic E-state index is 11.0. The third-order valence-electron chi connectivity index (χ3n) is 3.38. The molecular weight excluding hydrogens is 234 g/mol. The average Bonchev–Trinajstić information content (AvgIpc) is 2.48. The molecule has 0 aliphatic rings. The highest BCUT2D eigenvalue weighted by Crippen LogP contribution is 2.16. The van der Waals surface area contributed by atoms with Crippen molar-refractivity contribution in [3.05, 3.63) is 71.8 Å². The summed E-state index contributed by atoms with van der Waals surface area (Å²) in [4.78, 5) is 11.0. The molecule has 0 bridgehead atoms. The first-order chi connectivity index (χ1) is 9.29. The number of nitrogens with two attached hydrogens (primary N) is 1. The van der Waals surface area contributed by atoms with Gasteiger partial charge >= 0.3 is 0 Å². The number of hydrogen-bond acceptors (Lipinski definition) is 2. The molecule has 0 spiro atoms. The molecule has 19 heavy (non-hydrogen) atoms. The van der Waals surface area contributed by atoms with E-state index < -0.39 is 6.04 Å². The summed E-state index contributed by atoms with van der Waals surface area (Å²) < 4.78 is 0. The van der Waals surface area contributed by atoms with Crippen LogP contribution in [-0.4, -0.2) is 12.3 Å². The van der Waals surface area contributed by atoms with Crippen molar-refractivity contribution < 1.29 is 4.79 Å². The molecule has 0 saturated carbocycles. The van der Waals surface area contributed by atoms with Crippen LogP contribution < -0.4 is 5.73 Å². The Kier molecular flexibility index (Phi) is 4.87. The molecule has 0 aromatic heterocycles. The van der Waals surface area contributed by atoms with Crippen LogP contribution in [-0.2, 0) is 17.6 Å². The van der Waals surface area contributed by atoms with Crippen LogP contribution in [0.3, 0.4) is 0 Å². The zero-order chi connectivity index (χ0) is 13.5. The zero-order valence-corrected chi connectivity index (χ0v) is 10.9. The van der Waals surface area contributed by atoms with E-state index in [-0.39, 0.29) is 5.92 Å². The van der Waals surface area contributed by atoms with E-state index in [0.717, 1.165) is 19.1 Å². The first-order valence-corrected chi connectivity index (χ1v) is 6.58. The Morgan fingerprint density at radius 2 is 1.26 bits per heavy atom. The largest absolute Gasteiger partial charge is 0.321 e. The van der Waals surface area contributed by atoms with Gasteiger partial charge in [-0.2, -0.15) is 0 Å². The maximum atomic E-state index is 11.0. The molecule has 2 rings (SSSR count). The van der Waals surface area contributed by atoms with Gasteiger partial charge in [-0.3, -0.25) is 0 Å². The molecule has 0 heterocycles. The molecule has 1 unspecified atom stereocenters. The van der Waals surface area contributed by atoms with Crippen molar-refractivity contribution in [3.8, 4) is 0 Å². The standard InChI is InChI=1S/C17H19NO/c18-17(13-19)16(11-14-7-3-1-4-8-14)12-15-9-5-2-6-10-15/h1-10,13,16-17H,11-12,18H2.